The van der Waals surface area contributed by atoms with Gasteiger partial charge in [-0.2, -0.15) is 0 Å². The van der Waals surface area contributed by atoms with Gasteiger partial charge in [0, 0.05) is 0 Å². The van der Waals surface area contributed by atoms with E-state index >= 15 is 0 Å². The Labute approximate surface area is 193 Å². The van der Waals surface area contributed by atoms with Crippen molar-refractivity contribution in [3.8, 4) is 0 Å². The van der Waals surface area contributed by atoms with Crippen LogP contribution in [0, 0.1) is 0 Å². The molecule has 0 aromatic heterocycles. The minimum absolute atomic E-state index is 0.392. The van der Waals surface area contributed by atoms with E-state index in [2.05, 4.69) is 34.6 Å². The molecule has 3 nitrogen and oxygen atoms in total. The molecule has 0 unspecified atom stereocenters. The van der Waals surface area contributed by atoms with Gasteiger partial charge in [0.1, 0.15) is 0 Å². The van der Waals surface area contributed by atoms with Gasteiger partial charge in [0.15, 0.2) is 0 Å². The van der Waals surface area contributed by atoms with Crippen LogP contribution in [0.2, 0.25) is 0 Å². The van der Waals surface area contributed by atoms with E-state index in [0.717, 1.165) is 49.5 Å². The van der Waals surface area contributed by atoms with E-state index in [-0.39, 0.29) is 0 Å². The van der Waals surface area contributed by atoms with Crippen LogP contribution < -0.4 is 0 Å². The van der Waals surface area contributed by atoms with Crippen molar-refractivity contribution in [2.75, 3.05) is 24.6 Å². The third kappa shape index (κ3) is 8.45. The van der Waals surface area contributed by atoms with Crippen molar-refractivity contribution in [3.05, 3.63) is 29.8 Å². The standard InChI is InChI=1S/C26H49O3PS/c1-6-11-12-13-14-15-16-17-18-19-22-25-23-20-21-24-26(25)31(27,28)29-30(7-2,8-3,9-4)10-5/h20-21,23-24H,6-19,22H2,1-5H3. The molecule has 0 aliphatic rings. The Hall–Kier alpha value is -0.440. The van der Waals surface area contributed by atoms with Gasteiger partial charge in [0.2, 0.25) is 0 Å². The van der Waals surface area contributed by atoms with Gasteiger partial charge in [0.25, 0.3) is 0 Å². The molecule has 1 rings (SSSR count). The summed E-state index contributed by atoms with van der Waals surface area (Å²) < 4.78 is 33.0. The van der Waals surface area contributed by atoms with Gasteiger partial charge >= 0.3 is 168 Å². The number of hydrogen-bond acceptors (Lipinski definition) is 3. The van der Waals surface area contributed by atoms with E-state index in [4.69, 9.17) is 3.97 Å². The molecule has 0 N–H and O–H groups in total. The molecular formula is C26H49O3PS. The summed E-state index contributed by atoms with van der Waals surface area (Å²) in [5.41, 5.74) is 0.915. The molecule has 0 saturated carbocycles. The predicted octanol–water partition coefficient (Wildman–Crippen LogP) is 8.40. The average Bonchev–Trinajstić information content (AvgIpc) is 2.79. The van der Waals surface area contributed by atoms with Crippen molar-refractivity contribution >= 4 is 16.9 Å². The van der Waals surface area contributed by atoms with E-state index in [9.17, 15) is 8.42 Å². The van der Waals surface area contributed by atoms with Gasteiger partial charge in [-0.15, -0.1) is 0 Å². The molecule has 0 amide bonds. The Kier molecular flexibility index (Phi) is 12.9. The molecule has 5 heteroatoms. The van der Waals surface area contributed by atoms with Gasteiger partial charge in [-0.05, 0) is 0 Å². The fraction of sp³-hybridized carbons (Fsp3) is 0.769. The fourth-order valence-electron chi connectivity index (χ4n) is 4.63. The first-order valence-electron chi connectivity index (χ1n) is 12.9. The quantitative estimate of drug-likeness (QED) is 0.159. The van der Waals surface area contributed by atoms with E-state index < -0.39 is 16.9 Å². The molecule has 0 aliphatic carbocycles. The molecular weight excluding hydrogens is 423 g/mol. The predicted molar refractivity (Wildman–Crippen MR) is 139 cm³/mol. The first kappa shape index (κ1) is 28.6. The molecule has 1 aromatic rings. The number of unbranched alkanes of at least 4 members (excludes halogenated alkanes) is 9. The van der Waals surface area contributed by atoms with E-state index in [1.54, 1.807) is 6.07 Å². The molecule has 0 spiro atoms. The number of rotatable bonds is 18. The van der Waals surface area contributed by atoms with Gasteiger partial charge < -0.3 is 0 Å². The van der Waals surface area contributed by atoms with Crippen molar-refractivity contribution < 1.29 is 12.4 Å². The Bertz CT molecular complexity index is 702. The summed E-state index contributed by atoms with van der Waals surface area (Å²) in [5.74, 6) is 0. The van der Waals surface area contributed by atoms with Crippen LogP contribution in [0.15, 0.2) is 29.2 Å². The minimum atomic E-state index is -3.76. The van der Waals surface area contributed by atoms with Crippen molar-refractivity contribution in [1.82, 2.24) is 0 Å². The second kappa shape index (κ2) is 14.0. The zero-order valence-electron chi connectivity index (χ0n) is 21.0. The number of benzene rings is 1. The monoisotopic (exact) mass is 472 g/mol. The van der Waals surface area contributed by atoms with Crippen LogP contribution in [-0.4, -0.2) is 33.1 Å². The Morgan fingerprint density at radius 1 is 0.677 bits per heavy atom. The molecule has 0 aliphatic heterocycles. The molecule has 0 saturated heterocycles. The third-order valence-electron chi connectivity index (χ3n) is 7.55. The van der Waals surface area contributed by atoms with Crippen LogP contribution in [0.4, 0.5) is 0 Å². The van der Waals surface area contributed by atoms with Crippen molar-refractivity contribution in [2.24, 2.45) is 0 Å². The fourth-order valence-corrected chi connectivity index (χ4v) is 12.3. The molecule has 0 fully saturated rings. The zero-order chi connectivity index (χ0) is 23.2. The summed E-state index contributed by atoms with van der Waals surface area (Å²) in [6, 6.07) is 7.48. The van der Waals surface area contributed by atoms with Crippen molar-refractivity contribution in [1.29, 1.82) is 0 Å². The van der Waals surface area contributed by atoms with Crippen molar-refractivity contribution in [2.45, 2.75) is 110 Å². The zero-order valence-corrected chi connectivity index (χ0v) is 22.7. The summed E-state index contributed by atoms with van der Waals surface area (Å²) in [4.78, 5) is 0.392. The summed E-state index contributed by atoms with van der Waals surface area (Å²) in [5, 5.41) is 0. The molecule has 0 atom stereocenters. The summed E-state index contributed by atoms with van der Waals surface area (Å²) in [7, 11) is -3.76. The molecule has 31 heavy (non-hydrogen) atoms. The van der Waals surface area contributed by atoms with E-state index in [0.29, 0.717) is 4.90 Å². The third-order valence-corrected chi connectivity index (χ3v) is 17.4. The Morgan fingerprint density at radius 3 is 1.61 bits per heavy atom. The normalized spacial score (nSPS) is 13.8. The van der Waals surface area contributed by atoms with Crippen LogP contribution in [-0.2, 0) is 20.5 Å². The van der Waals surface area contributed by atoms with Gasteiger partial charge in [-0.25, -0.2) is 0 Å². The maximum atomic E-state index is 13.4. The van der Waals surface area contributed by atoms with Crippen LogP contribution in [0.25, 0.3) is 0 Å². The first-order valence-corrected chi connectivity index (χ1v) is 17.2. The summed E-state index contributed by atoms with van der Waals surface area (Å²) in [6.45, 7) is 7.92. The molecule has 0 heterocycles. The Balaban J connectivity index is 2.68. The molecule has 1 aromatic carbocycles. The van der Waals surface area contributed by atoms with Crippen LogP contribution in [0.5, 0.6) is 0 Å². The maximum absolute atomic E-state index is 13.4. The topological polar surface area (TPSA) is 43.4 Å². The molecule has 0 bridgehead atoms. The van der Waals surface area contributed by atoms with Crippen LogP contribution >= 0.6 is 6.83 Å². The summed E-state index contributed by atoms with van der Waals surface area (Å²) >= 11 is 0. The van der Waals surface area contributed by atoms with Gasteiger partial charge in [0.05, 0.1) is 0 Å². The number of hydrogen-bond donors (Lipinski definition) is 0. The molecule has 182 valence electrons. The van der Waals surface area contributed by atoms with E-state index in [1.807, 2.05) is 18.2 Å². The van der Waals surface area contributed by atoms with Crippen LogP contribution in [0.1, 0.15) is 104 Å². The first-order chi connectivity index (χ1) is 14.8. The second-order valence-electron chi connectivity index (χ2n) is 9.19. The Morgan fingerprint density at radius 2 is 1.13 bits per heavy atom. The average molecular weight is 473 g/mol. The SMILES string of the molecule is CCCCCCCCCCCCc1ccccc1S(=O)(=O)OP(CC)(CC)(CC)CC. The van der Waals surface area contributed by atoms with Gasteiger partial charge in [-0.3, -0.25) is 0 Å². The van der Waals surface area contributed by atoms with Crippen molar-refractivity contribution in [3.63, 3.8) is 0 Å². The van der Waals surface area contributed by atoms with Crippen LogP contribution in [0.3, 0.4) is 0 Å². The number of aryl methyl sites for hydroxylation is 1. The van der Waals surface area contributed by atoms with Gasteiger partial charge in [-0.1, -0.05) is 26.2 Å². The summed E-state index contributed by atoms with van der Waals surface area (Å²) in [6.07, 6.45) is 16.9. The van der Waals surface area contributed by atoms with E-state index in [1.165, 1.54) is 51.4 Å². The molecule has 0 radical (unpaired) electrons. The second-order valence-corrected chi connectivity index (χ2v) is 17.4.